The van der Waals surface area contributed by atoms with E-state index in [2.05, 4.69) is 15.5 Å². The zero-order valence-electron chi connectivity index (χ0n) is 8.68. The van der Waals surface area contributed by atoms with Crippen LogP contribution in [0, 0.1) is 0 Å². The smallest absolute Gasteiger partial charge is 0.233 e. The lowest BCUT2D eigenvalue weighted by Gasteiger charge is -2.27. The van der Waals surface area contributed by atoms with Gasteiger partial charge in [-0.25, -0.2) is 0 Å². The molecule has 1 aromatic rings. The first-order valence-corrected chi connectivity index (χ1v) is 6.76. The fourth-order valence-corrected chi connectivity index (χ4v) is 2.95. The zero-order valence-corrected chi connectivity index (χ0v) is 10.3. The van der Waals surface area contributed by atoms with Crippen molar-refractivity contribution in [2.45, 2.75) is 4.34 Å². The molecule has 0 unspecified atom stereocenters. The van der Waals surface area contributed by atoms with Crippen LogP contribution in [0.5, 0.6) is 0 Å². The van der Waals surface area contributed by atoms with Gasteiger partial charge in [0.25, 0.3) is 0 Å². The Hall–Kier alpha value is -0.860. The van der Waals surface area contributed by atoms with Crippen molar-refractivity contribution >= 4 is 34.1 Å². The lowest BCUT2D eigenvalue weighted by molar-refractivity contribution is -0.128. The first kappa shape index (κ1) is 11.6. The fraction of sp³-hybridized carbons (Fsp3) is 0.625. The quantitative estimate of drug-likeness (QED) is 0.722. The molecule has 0 radical (unpaired) electrons. The molecule has 0 bridgehead atoms. The molecule has 6 nitrogen and oxygen atoms in total. The summed E-state index contributed by atoms with van der Waals surface area (Å²) in [4.78, 5) is 13.6. The van der Waals surface area contributed by atoms with Crippen molar-refractivity contribution in [2.75, 3.05) is 37.7 Å². The molecule has 1 aliphatic rings. The number of rotatable bonds is 3. The van der Waals surface area contributed by atoms with E-state index in [1.807, 2.05) is 4.90 Å². The van der Waals surface area contributed by atoms with E-state index in [-0.39, 0.29) is 5.91 Å². The number of nitrogen functional groups attached to an aromatic ring is 1. The van der Waals surface area contributed by atoms with Crippen LogP contribution >= 0.6 is 23.1 Å². The van der Waals surface area contributed by atoms with Gasteiger partial charge in [0.1, 0.15) is 0 Å². The number of nitrogens with one attached hydrogen (secondary N) is 1. The molecule has 0 aromatic carbocycles. The Labute approximate surface area is 102 Å². The molecule has 1 amide bonds. The van der Waals surface area contributed by atoms with E-state index in [0.717, 1.165) is 30.5 Å². The average molecular weight is 259 g/mol. The van der Waals surface area contributed by atoms with Gasteiger partial charge in [0, 0.05) is 26.2 Å². The number of anilines is 1. The number of hydrogen-bond acceptors (Lipinski definition) is 7. The maximum Gasteiger partial charge on any atom is 0.233 e. The van der Waals surface area contributed by atoms with Gasteiger partial charge >= 0.3 is 0 Å². The first-order chi connectivity index (χ1) is 7.75. The van der Waals surface area contributed by atoms with E-state index < -0.39 is 0 Å². The number of piperazine rings is 1. The molecule has 88 valence electrons. The second-order valence-electron chi connectivity index (χ2n) is 3.33. The summed E-state index contributed by atoms with van der Waals surface area (Å²) in [6.45, 7) is 3.33. The third-order valence-electron chi connectivity index (χ3n) is 2.21. The number of carbonyl (C=O) groups is 1. The Bertz CT molecular complexity index is 363. The van der Waals surface area contributed by atoms with Gasteiger partial charge in [0.2, 0.25) is 11.0 Å². The molecule has 1 saturated heterocycles. The predicted molar refractivity (Wildman–Crippen MR) is 64.5 cm³/mol. The third kappa shape index (κ3) is 3.06. The van der Waals surface area contributed by atoms with Crippen LogP contribution in [0.2, 0.25) is 0 Å². The van der Waals surface area contributed by atoms with Crippen molar-refractivity contribution in [3.05, 3.63) is 0 Å². The molecule has 1 aliphatic heterocycles. The molecule has 3 N–H and O–H groups in total. The van der Waals surface area contributed by atoms with Gasteiger partial charge in [-0.15, -0.1) is 10.2 Å². The zero-order chi connectivity index (χ0) is 11.4. The van der Waals surface area contributed by atoms with Gasteiger partial charge < -0.3 is 16.0 Å². The highest BCUT2D eigenvalue weighted by atomic mass is 32.2. The van der Waals surface area contributed by atoms with Crippen LogP contribution in [0.1, 0.15) is 0 Å². The number of nitrogens with zero attached hydrogens (tertiary/aromatic N) is 3. The van der Waals surface area contributed by atoms with Gasteiger partial charge in [-0.3, -0.25) is 4.79 Å². The van der Waals surface area contributed by atoms with Crippen LogP contribution in [0.15, 0.2) is 4.34 Å². The third-order valence-corrected chi connectivity index (χ3v) is 4.08. The summed E-state index contributed by atoms with van der Waals surface area (Å²) in [7, 11) is 0. The Balaban J connectivity index is 1.78. The molecular weight excluding hydrogens is 246 g/mol. The van der Waals surface area contributed by atoms with Crippen LogP contribution in [0.3, 0.4) is 0 Å². The first-order valence-electron chi connectivity index (χ1n) is 4.96. The van der Waals surface area contributed by atoms with Gasteiger partial charge in [-0.2, -0.15) is 0 Å². The predicted octanol–water partition coefficient (Wildman–Crippen LogP) is -0.356. The van der Waals surface area contributed by atoms with Crippen LogP contribution in [0.25, 0.3) is 0 Å². The normalized spacial score (nSPS) is 16.4. The van der Waals surface area contributed by atoms with Crippen molar-refractivity contribution in [3.8, 4) is 0 Å². The molecule has 8 heteroatoms. The molecule has 16 heavy (non-hydrogen) atoms. The van der Waals surface area contributed by atoms with Crippen molar-refractivity contribution in [2.24, 2.45) is 0 Å². The van der Waals surface area contributed by atoms with Gasteiger partial charge in [-0.1, -0.05) is 23.1 Å². The molecule has 0 atom stereocenters. The average Bonchev–Trinajstić information content (AvgIpc) is 2.73. The lowest BCUT2D eigenvalue weighted by Crippen LogP contribution is -2.47. The van der Waals surface area contributed by atoms with Crippen molar-refractivity contribution < 1.29 is 4.79 Å². The summed E-state index contributed by atoms with van der Waals surface area (Å²) >= 11 is 2.71. The number of hydrogen-bond donors (Lipinski definition) is 2. The highest BCUT2D eigenvalue weighted by Crippen LogP contribution is 2.23. The molecular formula is C8H13N5OS2. The summed E-state index contributed by atoms with van der Waals surface area (Å²) in [6.07, 6.45) is 0. The Kier molecular flexibility index (Phi) is 3.97. The molecule has 1 fully saturated rings. The number of aromatic nitrogens is 2. The fourth-order valence-electron chi connectivity index (χ4n) is 1.41. The van der Waals surface area contributed by atoms with E-state index in [9.17, 15) is 4.79 Å². The number of carbonyl (C=O) groups excluding carboxylic acids is 1. The van der Waals surface area contributed by atoms with Crippen LogP contribution in [-0.4, -0.2) is 52.9 Å². The van der Waals surface area contributed by atoms with Gasteiger partial charge in [0.15, 0.2) is 4.34 Å². The summed E-state index contributed by atoms with van der Waals surface area (Å²) < 4.78 is 0.751. The maximum absolute atomic E-state index is 11.8. The summed E-state index contributed by atoms with van der Waals surface area (Å²) in [5.41, 5.74) is 5.46. The minimum atomic E-state index is 0.153. The summed E-state index contributed by atoms with van der Waals surface area (Å²) in [6, 6.07) is 0. The summed E-state index contributed by atoms with van der Waals surface area (Å²) in [5, 5.41) is 11.2. The standard InChI is InChI=1S/C8H13N5OS2/c9-7-11-12-8(16-7)15-5-6(14)13-3-1-10-2-4-13/h10H,1-5H2,(H2,9,11). The topological polar surface area (TPSA) is 84.1 Å². The van der Waals surface area contributed by atoms with Crippen LogP contribution in [-0.2, 0) is 4.79 Å². The van der Waals surface area contributed by atoms with E-state index in [4.69, 9.17) is 5.73 Å². The SMILES string of the molecule is Nc1nnc(SCC(=O)N2CCNCC2)s1. The minimum absolute atomic E-state index is 0.153. The highest BCUT2D eigenvalue weighted by molar-refractivity contribution is 8.01. The van der Waals surface area contributed by atoms with Crippen molar-refractivity contribution in [1.82, 2.24) is 20.4 Å². The lowest BCUT2D eigenvalue weighted by atomic mass is 10.3. The van der Waals surface area contributed by atoms with E-state index in [1.54, 1.807) is 0 Å². The summed E-state index contributed by atoms with van der Waals surface area (Å²) in [5.74, 6) is 0.564. The highest BCUT2D eigenvalue weighted by Gasteiger charge is 2.16. The van der Waals surface area contributed by atoms with E-state index in [1.165, 1.54) is 23.1 Å². The van der Waals surface area contributed by atoms with E-state index >= 15 is 0 Å². The maximum atomic E-state index is 11.8. The molecule has 2 heterocycles. The van der Waals surface area contributed by atoms with Crippen molar-refractivity contribution in [1.29, 1.82) is 0 Å². The van der Waals surface area contributed by atoms with Gasteiger partial charge in [0.05, 0.1) is 5.75 Å². The van der Waals surface area contributed by atoms with Crippen molar-refractivity contribution in [3.63, 3.8) is 0 Å². The molecule has 0 saturated carbocycles. The molecule has 0 spiro atoms. The molecule has 2 rings (SSSR count). The van der Waals surface area contributed by atoms with Crippen LogP contribution in [0.4, 0.5) is 5.13 Å². The second kappa shape index (κ2) is 5.46. The Morgan fingerprint density at radius 3 is 2.88 bits per heavy atom. The van der Waals surface area contributed by atoms with E-state index in [0.29, 0.717) is 10.9 Å². The molecule has 0 aliphatic carbocycles. The second-order valence-corrected chi connectivity index (χ2v) is 5.56. The molecule has 1 aromatic heterocycles. The number of thioether (sulfide) groups is 1. The Morgan fingerprint density at radius 2 is 2.25 bits per heavy atom. The number of amides is 1. The minimum Gasteiger partial charge on any atom is -0.374 e. The largest absolute Gasteiger partial charge is 0.374 e. The van der Waals surface area contributed by atoms with Crippen LogP contribution < -0.4 is 11.1 Å². The van der Waals surface area contributed by atoms with Gasteiger partial charge in [-0.05, 0) is 0 Å². The number of nitrogens with two attached hydrogens (primary N) is 1. The monoisotopic (exact) mass is 259 g/mol. The Morgan fingerprint density at radius 1 is 1.50 bits per heavy atom.